The molecule has 0 saturated carbocycles. The van der Waals surface area contributed by atoms with E-state index in [-0.39, 0.29) is 11.7 Å². The van der Waals surface area contributed by atoms with Gasteiger partial charge >= 0.3 is 0 Å². The highest BCUT2D eigenvalue weighted by Crippen LogP contribution is 2.22. The number of carbonyl (C=O) groups is 1. The van der Waals surface area contributed by atoms with Gasteiger partial charge in [-0.15, -0.1) is 10.2 Å². The number of aromatic nitrogens is 3. The van der Waals surface area contributed by atoms with Crippen molar-refractivity contribution < 1.29 is 14.1 Å². The van der Waals surface area contributed by atoms with E-state index >= 15 is 0 Å². The van der Waals surface area contributed by atoms with Crippen LogP contribution in [0, 0.1) is 0 Å². The van der Waals surface area contributed by atoms with Crippen molar-refractivity contribution in [1.82, 2.24) is 15.4 Å². The van der Waals surface area contributed by atoms with Gasteiger partial charge in [0.2, 0.25) is 5.76 Å². The normalized spacial score (nSPS) is 14.2. The fourth-order valence-electron chi connectivity index (χ4n) is 2.72. The molecular weight excluding hydrogens is 334 g/mol. The highest BCUT2D eigenvalue weighted by atomic mass is 16.5. The maximum atomic E-state index is 12.1. The van der Waals surface area contributed by atoms with Gasteiger partial charge in [-0.3, -0.25) is 4.79 Å². The summed E-state index contributed by atoms with van der Waals surface area (Å²) in [6.45, 7) is 3.04. The zero-order valence-electron chi connectivity index (χ0n) is 14.0. The van der Waals surface area contributed by atoms with Crippen molar-refractivity contribution in [2.75, 3.05) is 36.5 Å². The van der Waals surface area contributed by atoms with E-state index in [0.29, 0.717) is 18.9 Å². The molecule has 0 spiro atoms. The Kier molecular flexibility index (Phi) is 4.57. The molecule has 132 valence electrons. The number of benzene rings is 1. The number of carbonyl (C=O) groups excluding carboxylic acids is 1. The molecule has 4 rings (SSSR count). The molecule has 2 aromatic heterocycles. The molecule has 1 saturated heterocycles. The molecular formula is C18H17N5O3. The summed E-state index contributed by atoms with van der Waals surface area (Å²) in [4.78, 5) is 14.2. The van der Waals surface area contributed by atoms with E-state index in [9.17, 15) is 4.79 Å². The van der Waals surface area contributed by atoms with Crippen LogP contribution < -0.4 is 10.2 Å². The Morgan fingerprint density at radius 3 is 2.69 bits per heavy atom. The lowest BCUT2D eigenvalue weighted by Gasteiger charge is -2.27. The highest BCUT2D eigenvalue weighted by molar-refractivity contribution is 6.02. The Bertz CT molecular complexity index is 874. The van der Waals surface area contributed by atoms with Crippen LogP contribution in [0.15, 0.2) is 53.2 Å². The molecule has 1 fully saturated rings. The van der Waals surface area contributed by atoms with Crippen molar-refractivity contribution >= 4 is 17.4 Å². The van der Waals surface area contributed by atoms with Gasteiger partial charge in [-0.1, -0.05) is 17.3 Å². The van der Waals surface area contributed by atoms with Gasteiger partial charge in [0.1, 0.15) is 0 Å². The number of anilines is 2. The second-order valence-corrected chi connectivity index (χ2v) is 5.79. The monoisotopic (exact) mass is 351 g/mol. The van der Waals surface area contributed by atoms with E-state index in [1.807, 2.05) is 30.3 Å². The average Bonchev–Trinajstić information content (AvgIpc) is 3.24. The zero-order valence-corrected chi connectivity index (χ0v) is 14.0. The fraction of sp³-hybridized carbons (Fsp3) is 0.222. The Morgan fingerprint density at radius 1 is 1.08 bits per heavy atom. The van der Waals surface area contributed by atoms with Gasteiger partial charge in [0.05, 0.1) is 25.1 Å². The highest BCUT2D eigenvalue weighted by Gasteiger charge is 2.14. The van der Waals surface area contributed by atoms with Crippen molar-refractivity contribution in [2.24, 2.45) is 0 Å². The van der Waals surface area contributed by atoms with Crippen LogP contribution in [0.5, 0.6) is 0 Å². The van der Waals surface area contributed by atoms with Gasteiger partial charge in [0, 0.05) is 30.4 Å². The minimum Gasteiger partial charge on any atom is -0.378 e. The molecule has 8 nitrogen and oxygen atoms in total. The predicted molar refractivity (Wildman–Crippen MR) is 95.0 cm³/mol. The number of nitrogens with one attached hydrogen (secondary N) is 1. The van der Waals surface area contributed by atoms with Crippen LogP contribution in [0.2, 0.25) is 0 Å². The molecule has 0 unspecified atom stereocenters. The largest absolute Gasteiger partial charge is 0.378 e. The zero-order chi connectivity index (χ0) is 17.8. The number of nitrogens with zero attached hydrogens (tertiary/aromatic N) is 4. The minimum absolute atomic E-state index is 0.157. The Morgan fingerprint density at radius 2 is 1.96 bits per heavy atom. The van der Waals surface area contributed by atoms with Gasteiger partial charge in [-0.05, 0) is 24.3 Å². The number of rotatable bonds is 4. The van der Waals surface area contributed by atoms with Crippen LogP contribution in [0.1, 0.15) is 10.6 Å². The maximum absolute atomic E-state index is 12.1. The third-order valence-electron chi connectivity index (χ3n) is 4.06. The predicted octanol–water partition coefficient (Wildman–Crippen LogP) is 2.22. The Balaban J connectivity index is 1.50. The SMILES string of the molecule is O=C(Nc1cccc(-c2ccc(N3CCOCC3)nn2)c1)c1ccno1. The number of amides is 1. The molecule has 3 heterocycles. The summed E-state index contributed by atoms with van der Waals surface area (Å²) < 4.78 is 10.2. The lowest BCUT2D eigenvalue weighted by atomic mass is 10.1. The summed E-state index contributed by atoms with van der Waals surface area (Å²) >= 11 is 0. The van der Waals surface area contributed by atoms with Crippen molar-refractivity contribution in [3.63, 3.8) is 0 Å². The summed E-state index contributed by atoms with van der Waals surface area (Å²) in [5.74, 6) is 0.644. The van der Waals surface area contributed by atoms with Crippen molar-refractivity contribution in [1.29, 1.82) is 0 Å². The standard InChI is InChI=1S/C18H17N5O3/c24-18(16-6-7-19-26-16)20-14-3-1-2-13(12-14)15-4-5-17(22-21-15)23-8-10-25-11-9-23/h1-7,12H,8-11H2,(H,20,24). The van der Waals surface area contributed by atoms with Gasteiger partial charge in [-0.25, -0.2) is 0 Å². The van der Waals surface area contributed by atoms with E-state index in [2.05, 4.69) is 25.6 Å². The summed E-state index contributed by atoms with van der Waals surface area (Å²) in [7, 11) is 0. The first-order valence-corrected chi connectivity index (χ1v) is 8.28. The number of hydrogen-bond acceptors (Lipinski definition) is 7. The molecule has 0 bridgehead atoms. The van der Waals surface area contributed by atoms with Crippen LogP contribution >= 0.6 is 0 Å². The second kappa shape index (κ2) is 7.32. The summed E-state index contributed by atoms with van der Waals surface area (Å²) in [5, 5.41) is 14.9. The molecule has 3 aromatic rings. The summed E-state index contributed by atoms with van der Waals surface area (Å²) in [5.41, 5.74) is 2.24. The Hall–Kier alpha value is -3.26. The first kappa shape index (κ1) is 16.2. The summed E-state index contributed by atoms with van der Waals surface area (Å²) in [6.07, 6.45) is 1.43. The van der Waals surface area contributed by atoms with Crippen molar-refractivity contribution in [3.8, 4) is 11.3 Å². The molecule has 8 heteroatoms. The van der Waals surface area contributed by atoms with Crippen LogP contribution in [0.25, 0.3) is 11.3 Å². The van der Waals surface area contributed by atoms with E-state index in [1.165, 1.54) is 12.3 Å². The van der Waals surface area contributed by atoms with Crippen molar-refractivity contribution in [2.45, 2.75) is 0 Å². The molecule has 0 radical (unpaired) electrons. The first-order chi connectivity index (χ1) is 12.8. The van der Waals surface area contributed by atoms with E-state index in [1.54, 1.807) is 6.07 Å². The Labute approximate surface area is 149 Å². The topological polar surface area (TPSA) is 93.4 Å². The van der Waals surface area contributed by atoms with Gasteiger partial charge in [0.25, 0.3) is 5.91 Å². The maximum Gasteiger partial charge on any atom is 0.294 e. The van der Waals surface area contributed by atoms with E-state index < -0.39 is 0 Å². The molecule has 0 atom stereocenters. The molecule has 1 aliphatic rings. The van der Waals surface area contributed by atoms with Crippen LogP contribution in [0.3, 0.4) is 0 Å². The molecule has 1 aromatic carbocycles. The third-order valence-corrected chi connectivity index (χ3v) is 4.06. The smallest absolute Gasteiger partial charge is 0.294 e. The summed E-state index contributed by atoms with van der Waals surface area (Å²) in [6, 6.07) is 12.8. The van der Waals surface area contributed by atoms with E-state index in [4.69, 9.17) is 9.26 Å². The third kappa shape index (κ3) is 3.55. The quantitative estimate of drug-likeness (QED) is 0.770. The van der Waals surface area contributed by atoms with Gasteiger partial charge in [-0.2, -0.15) is 0 Å². The van der Waals surface area contributed by atoms with Crippen LogP contribution in [-0.4, -0.2) is 47.6 Å². The molecule has 1 N–H and O–H groups in total. The van der Waals surface area contributed by atoms with Crippen molar-refractivity contribution in [3.05, 3.63) is 54.4 Å². The van der Waals surface area contributed by atoms with Crippen LogP contribution in [0.4, 0.5) is 11.5 Å². The van der Waals surface area contributed by atoms with E-state index in [0.717, 1.165) is 30.2 Å². The molecule has 1 amide bonds. The molecule has 26 heavy (non-hydrogen) atoms. The van der Waals surface area contributed by atoms with Gasteiger partial charge in [0.15, 0.2) is 5.82 Å². The minimum atomic E-state index is -0.353. The number of ether oxygens (including phenoxy) is 1. The lowest BCUT2D eigenvalue weighted by molar-refractivity contribution is 0.0988. The lowest BCUT2D eigenvalue weighted by Crippen LogP contribution is -2.36. The first-order valence-electron chi connectivity index (χ1n) is 8.28. The van der Waals surface area contributed by atoms with Crippen LogP contribution in [-0.2, 0) is 4.74 Å². The second-order valence-electron chi connectivity index (χ2n) is 5.79. The number of hydrogen-bond donors (Lipinski definition) is 1. The fourth-order valence-corrected chi connectivity index (χ4v) is 2.72. The van der Waals surface area contributed by atoms with Gasteiger partial charge < -0.3 is 19.5 Å². The molecule has 1 aliphatic heterocycles. The molecule has 0 aliphatic carbocycles. The average molecular weight is 351 g/mol. The number of morpholine rings is 1.